The van der Waals surface area contributed by atoms with Gasteiger partial charge in [0.15, 0.2) is 11.5 Å². The molecule has 1 aromatic carbocycles. The van der Waals surface area contributed by atoms with Crippen molar-refractivity contribution in [2.45, 2.75) is 54.9 Å². The first kappa shape index (κ1) is 21.5. The van der Waals surface area contributed by atoms with Gasteiger partial charge < -0.3 is 24.3 Å². The third-order valence-corrected chi connectivity index (χ3v) is 8.70. The van der Waals surface area contributed by atoms with E-state index in [4.69, 9.17) is 9.15 Å². The summed E-state index contributed by atoms with van der Waals surface area (Å²) in [4.78, 5) is 17.3. The van der Waals surface area contributed by atoms with E-state index >= 15 is 0 Å². The van der Waals surface area contributed by atoms with Crippen LogP contribution in [0.15, 0.2) is 53.9 Å². The lowest BCUT2D eigenvalue weighted by molar-refractivity contribution is -0.215. The van der Waals surface area contributed by atoms with Crippen molar-refractivity contribution in [3.8, 4) is 11.5 Å². The number of nitrogens with zero attached hydrogens (tertiary/aromatic N) is 2. The molecule has 2 bridgehead atoms. The Kier molecular flexibility index (Phi) is 4.73. The number of hydrogen-bond acceptors (Lipinski definition) is 6. The molecule has 1 spiro atoms. The average Bonchev–Trinajstić information content (AvgIpc) is 3.46. The Balaban J connectivity index is 1.46. The van der Waals surface area contributed by atoms with Gasteiger partial charge in [0, 0.05) is 36.8 Å². The van der Waals surface area contributed by atoms with Gasteiger partial charge in [-0.3, -0.25) is 9.69 Å². The fraction of sp³-hybridized carbons (Fsp3) is 0.444. The highest BCUT2D eigenvalue weighted by Gasteiger charge is 2.74. The van der Waals surface area contributed by atoms with Crippen molar-refractivity contribution in [3.63, 3.8) is 0 Å². The molecule has 2 fully saturated rings. The Morgan fingerprint density at radius 2 is 2.21 bits per heavy atom. The number of carbonyl (C=O) groups is 1. The van der Waals surface area contributed by atoms with Crippen LogP contribution in [0.2, 0.25) is 0 Å². The first-order chi connectivity index (χ1) is 16.4. The predicted octanol–water partition coefficient (Wildman–Crippen LogP) is 2.87. The molecule has 1 aromatic heterocycles. The van der Waals surface area contributed by atoms with Gasteiger partial charge in [0.1, 0.15) is 11.7 Å². The molecular weight excluding hydrogens is 432 g/mol. The number of likely N-dealkylation sites (N-methyl/N-ethyl adjacent to an activating group) is 1. The van der Waals surface area contributed by atoms with E-state index in [1.165, 1.54) is 6.08 Å². The quantitative estimate of drug-likeness (QED) is 0.525. The number of aromatic hydroxyl groups is 1. The fourth-order valence-electron chi connectivity index (χ4n) is 7.32. The van der Waals surface area contributed by atoms with E-state index in [0.29, 0.717) is 38.0 Å². The number of hydrogen-bond donors (Lipinski definition) is 2. The lowest BCUT2D eigenvalue weighted by Gasteiger charge is -2.66. The standard InChI is InChI=1S/C27H30N2O5/c1-3-12-29-13-11-26-22-8-7-20(28(2)23(31)9-4-17-10-14-33-16-17)27(26,32)21(29)15-18-5-6-19(30)25(34-22)24(18)26/h3-6,9-10,14,16,20-22,30,32H,1,7-8,11-13,15H2,2H3/b9-4+/t20-,21-,22+,26-,27-/m1/s1. The summed E-state index contributed by atoms with van der Waals surface area (Å²) in [5.41, 5.74) is 0.995. The normalized spacial score (nSPS) is 33.4. The van der Waals surface area contributed by atoms with E-state index in [1.54, 1.807) is 42.7 Å². The maximum absolute atomic E-state index is 13.3. The van der Waals surface area contributed by atoms with E-state index in [0.717, 1.165) is 23.2 Å². The number of aliphatic hydroxyl groups is 1. The van der Waals surface area contributed by atoms with E-state index in [1.807, 2.05) is 12.1 Å². The number of carbonyl (C=O) groups excluding carboxylic acids is 1. The second kappa shape index (κ2) is 7.48. The van der Waals surface area contributed by atoms with Gasteiger partial charge in [-0.25, -0.2) is 0 Å². The van der Waals surface area contributed by atoms with Gasteiger partial charge in [-0.2, -0.15) is 0 Å². The van der Waals surface area contributed by atoms with E-state index in [9.17, 15) is 15.0 Å². The zero-order valence-corrected chi connectivity index (χ0v) is 19.3. The molecular formula is C27H30N2O5. The Hall–Kier alpha value is -3.03. The van der Waals surface area contributed by atoms with Gasteiger partial charge >= 0.3 is 0 Å². The minimum Gasteiger partial charge on any atom is -0.504 e. The van der Waals surface area contributed by atoms with Crippen LogP contribution in [0.3, 0.4) is 0 Å². The number of amides is 1. The van der Waals surface area contributed by atoms with Crippen molar-refractivity contribution in [3.05, 3.63) is 66.1 Å². The maximum Gasteiger partial charge on any atom is 0.246 e. The SMILES string of the molecule is C=CCN1CC[C@]23c4c5ccc(O)c4O[C@H]2CC[C@@H](N(C)C(=O)/C=C/c2ccoc2)[C@@]3(O)[C@H]1C5. The minimum absolute atomic E-state index is 0.126. The van der Waals surface area contributed by atoms with Crippen LogP contribution in [0.4, 0.5) is 0 Å². The highest BCUT2D eigenvalue weighted by Crippen LogP contribution is 2.65. The molecule has 7 heteroatoms. The number of phenols is 1. The molecule has 5 atom stereocenters. The fourth-order valence-corrected chi connectivity index (χ4v) is 7.32. The molecule has 7 nitrogen and oxygen atoms in total. The molecule has 2 N–H and O–H groups in total. The van der Waals surface area contributed by atoms with E-state index in [-0.39, 0.29) is 23.8 Å². The second-order valence-electron chi connectivity index (χ2n) is 10.0. The largest absolute Gasteiger partial charge is 0.504 e. The van der Waals surface area contributed by atoms with Crippen LogP contribution >= 0.6 is 0 Å². The highest BCUT2D eigenvalue weighted by molar-refractivity contribution is 5.92. The summed E-state index contributed by atoms with van der Waals surface area (Å²) in [6.45, 7) is 5.41. The lowest BCUT2D eigenvalue weighted by Crippen LogP contribution is -2.81. The van der Waals surface area contributed by atoms with E-state index < -0.39 is 17.1 Å². The third-order valence-electron chi connectivity index (χ3n) is 8.70. The van der Waals surface area contributed by atoms with Crippen LogP contribution in [-0.4, -0.2) is 69.8 Å². The van der Waals surface area contributed by atoms with Gasteiger partial charge in [-0.1, -0.05) is 12.1 Å². The molecule has 3 heterocycles. The van der Waals surface area contributed by atoms with Crippen LogP contribution in [0, 0.1) is 0 Å². The molecule has 1 saturated carbocycles. The summed E-state index contributed by atoms with van der Waals surface area (Å²) in [5.74, 6) is 0.482. The molecule has 34 heavy (non-hydrogen) atoms. The summed E-state index contributed by atoms with van der Waals surface area (Å²) in [5, 5.41) is 23.5. The monoisotopic (exact) mass is 462 g/mol. The van der Waals surface area contributed by atoms with Crippen LogP contribution in [0.25, 0.3) is 6.08 Å². The molecule has 2 aliphatic heterocycles. The number of phenolic OH excluding ortho intramolecular Hbond substituents is 1. The Morgan fingerprint density at radius 3 is 2.97 bits per heavy atom. The lowest BCUT2D eigenvalue weighted by atomic mass is 9.47. The average molecular weight is 463 g/mol. The second-order valence-corrected chi connectivity index (χ2v) is 10.0. The van der Waals surface area contributed by atoms with Gasteiger partial charge in [0.25, 0.3) is 0 Å². The van der Waals surface area contributed by atoms with Crippen molar-refractivity contribution in [1.29, 1.82) is 0 Å². The van der Waals surface area contributed by atoms with Gasteiger partial charge in [0.05, 0.1) is 24.0 Å². The topological polar surface area (TPSA) is 86.4 Å². The van der Waals surface area contributed by atoms with Crippen LogP contribution in [-0.2, 0) is 16.6 Å². The van der Waals surface area contributed by atoms with Crippen molar-refractivity contribution >= 4 is 12.0 Å². The molecule has 178 valence electrons. The molecule has 1 saturated heterocycles. The summed E-state index contributed by atoms with van der Waals surface area (Å²) in [6.07, 6.45) is 10.7. The molecule has 0 unspecified atom stereocenters. The van der Waals surface area contributed by atoms with Gasteiger partial charge in [-0.15, -0.1) is 6.58 Å². The van der Waals surface area contributed by atoms with Crippen molar-refractivity contribution in [1.82, 2.24) is 9.80 Å². The van der Waals surface area contributed by atoms with E-state index in [2.05, 4.69) is 11.5 Å². The maximum atomic E-state index is 13.3. The number of furan rings is 1. The first-order valence-corrected chi connectivity index (χ1v) is 12.0. The zero-order valence-electron chi connectivity index (χ0n) is 19.3. The van der Waals surface area contributed by atoms with Crippen molar-refractivity contribution in [2.24, 2.45) is 0 Å². The van der Waals surface area contributed by atoms with Crippen molar-refractivity contribution < 1.29 is 24.2 Å². The Morgan fingerprint density at radius 1 is 1.35 bits per heavy atom. The summed E-state index contributed by atoms with van der Waals surface area (Å²) < 4.78 is 11.5. The van der Waals surface area contributed by atoms with Gasteiger partial charge in [0.2, 0.25) is 5.91 Å². The summed E-state index contributed by atoms with van der Waals surface area (Å²) in [7, 11) is 1.78. The first-order valence-electron chi connectivity index (χ1n) is 12.0. The number of rotatable bonds is 5. The van der Waals surface area contributed by atoms with Gasteiger partial charge in [-0.05, 0) is 56.0 Å². The summed E-state index contributed by atoms with van der Waals surface area (Å²) >= 11 is 0. The molecule has 2 aliphatic carbocycles. The predicted molar refractivity (Wildman–Crippen MR) is 127 cm³/mol. The molecule has 6 rings (SSSR count). The third kappa shape index (κ3) is 2.62. The summed E-state index contributed by atoms with van der Waals surface area (Å²) in [6, 6.07) is 4.88. The van der Waals surface area contributed by atoms with Crippen LogP contribution < -0.4 is 4.74 Å². The van der Waals surface area contributed by atoms with Crippen LogP contribution in [0.1, 0.15) is 36.0 Å². The number of piperidine rings is 1. The molecule has 1 amide bonds. The zero-order chi connectivity index (χ0) is 23.7. The number of ether oxygens (including phenoxy) is 1. The number of likely N-dealkylation sites (tertiary alicyclic amines) is 1. The molecule has 4 aliphatic rings. The van der Waals surface area contributed by atoms with Crippen LogP contribution in [0.5, 0.6) is 11.5 Å². The Bertz CT molecular complexity index is 1170. The molecule has 2 aromatic rings. The van der Waals surface area contributed by atoms with Crippen molar-refractivity contribution in [2.75, 3.05) is 20.1 Å². The highest BCUT2D eigenvalue weighted by atomic mass is 16.5. The minimum atomic E-state index is -1.23. The number of benzene rings is 1. The molecule has 0 radical (unpaired) electrons. The smallest absolute Gasteiger partial charge is 0.246 e. The Labute approximate surface area is 198 Å².